The van der Waals surface area contributed by atoms with Gasteiger partial charge in [-0.3, -0.25) is 4.90 Å². The van der Waals surface area contributed by atoms with Crippen molar-refractivity contribution in [2.24, 2.45) is 5.92 Å². The van der Waals surface area contributed by atoms with Gasteiger partial charge in [-0.05, 0) is 69.7 Å². The van der Waals surface area contributed by atoms with Crippen LogP contribution in [0.1, 0.15) is 24.4 Å². The highest BCUT2D eigenvalue weighted by Gasteiger charge is 2.31. The minimum atomic E-state index is 0.450. The van der Waals surface area contributed by atoms with Crippen LogP contribution in [-0.2, 0) is 0 Å². The van der Waals surface area contributed by atoms with Crippen molar-refractivity contribution in [1.29, 1.82) is 0 Å². The summed E-state index contributed by atoms with van der Waals surface area (Å²) in [5.41, 5.74) is 1.34. The van der Waals surface area contributed by atoms with Gasteiger partial charge in [-0.1, -0.05) is 15.9 Å². The number of hydrogen-bond donors (Lipinski definition) is 1. The molecule has 2 atom stereocenters. The molecule has 1 aromatic rings. The van der Waals surface area contributed by atoms with Gasteiger partial charge >= 0.3 is 0 Å². The average molecular weight is 327 g/mol. The standard InChI is InChI=1S/C15H23BrN2O/c1-17-10-11-5-4-8-18(2)15(11)13-9-12(19-3)6-7-14(13)16/h6-7,9,11,15,17H,4-5,8,10H2,1-3H3. The van der Waals surface area contributed by atoms with E-state index >= 15 is 0 Å². The molecule has 1 N–H and O–H groups in total. The van der Waals surface area contributed by atoms with E-state index < -0.39 is 0 Å². The van der Waals surface area contributed by atoms with Crippen molar-refractivity contribution in [3.8, 4) is 5.75 Å². The molecule has 1 heterocycles. The lowest BCUT2D eigenvalue weighted by Crippen LogP contribution is -2.40. The number of halogens is 1. The number of nitrogens with zero attached hydrogens (tertiary/aromatic N) is 1. The number of rotatable bonds is 4. The largest absolute Gasteiger partial charge is 0.497 e. The van der Waals surface area contributed by atoms with Crippen LogP contribution in [0.3, 0.4) is 0 Å². The number of likely N-dealkylation sites (tertiary alicyclic amines) is 1. The van der Waals surface area contributed by atoms with Crippen molar-refractivity contribution in [2.75, 3.05) is 34.3 Å². The first-order valence-electron chi connectivity index (χ1n) is 6.85. The van der Waals surface area contributed by atoms with Crippen molar-refractivity contribution in [2.45, 2.75) is 18.9 Å². The molecule has 0 aliphatic carbocycles. The highest BCUT2D eigenvalue weighted by Crippen LogP contribution is 2.39. The third-order valence-corrected chi connectivity index (χ3v) is 4.72. The lowest BCUT2D eigenvalue weighted by Gasteiger charge is -2.40. The zero-order chi connectivity index (χ0) is 13.8. The van der Waals surface area contributed by atoms with Crippen molar-refractivity contribution in [3.63, 3.8) is 0 Å². The summed E-state index contributed by atoms with van der Waals surface area (Å²) in [5.74, 6) is 1.58. The van der Waals surface area contributed by atoms with E-state index in [1.165, 1.54) is 22.9 Å². The summed E-state index contributed by atoms with van der Waals surface area (Å²) < 4.78 is 6.55. The van der Waals surface area contributed by atoms with Crippen LogP contribution >= 0.6 is 15.9 Å². The molecule has 0 radical (unpaired) electrons. The molecule has 1 aliphatic rings. The number of benzene rings is 1. The Morgan fingerprint density at radius 1 is 1.47 bits per heavy atom. The summed E-state index contributed by atoms with van der Waals surface area (Å²) in [6.45, 7) is 2.22. The van der Waals surface area contributed by atoms with Crippen molar-refractivity contribution in [1.82, 2.24) is 10.2 Å². The predicted octanol–water partition coefficient (Wildman–Crippen LogP) is 3.06. The maximum absolute atomic E-state index is 5.38. The van der Waals surface area contributed by atoms with Crippen molar-refractivity contribution < 1.29 is 4.74 Å². The molecule has 1 aromatic carbocycles. The summed E-state index contributed by atoms with van der Waals surface area (Å²) >= 11 is 3.70. The molecule has 106 valence electrons. The maximum atomic E-state index is 5.38. The summed E-state index contributed by atoms with van der Waals surface area (Å²) in [5, 5.41) is 3.33. The Hall–Kier alpha value is -0.580. The Morgan fingerprint density at radius 2 is 2.26 bits per heavy atom. The second-order valence-electron chi connectivity index (χ2n) is 5.27. The number of hydrogen-bond acceptors (Lipinski definition) is 3. The number of piperidine rings is 1. The van der Waals surface area contributed by atoms with E-state index in [2.05, 4.69) is 45.3 Å². The second kappa shape index (κ2) is 6.73. The molecule has 0 saturated carbocycles. The fourth-order valence-electron chi connectivity index (χ4n) is 3.10. The lowest BCUT2D eigenvalue weighted by atomic mass is 9.85. The summed E-state index contributed by atoms with van der Waals surface area (Å²) in [4.78, 5) is 2.46. The Labute approximate surface area is 124 Å². The average Bonchev–Trinajstić information content (AvgIpc) is 2.41. The SMILES string of the molecule is CNCC1CCCN(C)C1c1cc(OC)ccc1Br. The van der Waals surface area contributed by atoms with E-state index in [4.69, 9.17) is 4.74 Å². The minimum Gasteiger partial charge on any atom is -0.497 e. The molecule has 3 nitrogen and oxygen atoms in total. The predicted molar refractivity (Wildman–Crippen MR) is 82.7 cm³/mol. The Balaban J connectivity index is 2.34. The van der Waals surface area contributed by atoms with Crippen LogP contribution in [0.15, 0.2) is 22.7 Å². The molecular weight excluding hydrogens is 304 g/mol. The number of methoxy groups -OCH3 is 1. The van der Waals surface area contributed by atoms with Gasteiger partial charge < -0.3 is 10.1 Å². The molecule has 0 spiro atoms. The second-order valence-corrected chi connectivity index (χ2v) is 6.13. The summed E-state index contributed by atoms with van der Waals surface area (Å²) in [7, 11) is 5.98. The highest BCUT2D eigenvalue weighted by molar-refractivity contribution is 9.10. The van der Waals surface area contributed by atoms with Crippen LogP contribution < -0.4 is 10.1 Å². The Morgan fingerprint density at radius 3 is 2.95 bits per heavy atom. The van der Waals surface area contributed by atoms with Crippen LogP contribution in [0.2, 0.25) is 0 Å². The summed E-state index contributed by atoms with van der Waals surface area (Å²) in [6.07, 6.45) is 2.56. The van der Waals surface area contributed by atoms with E-state index in [0.29, 0.717) is 12.0 Å². The van der Waals surface area contributed by atoms with Crippen molar-refractivity contribution in [3.05, 3.63) is 28.2 Å². The van der Waals surface area contributed by atoms with Gasteiger partial charge in [0.05, 0.1) is 7.11 Å². The smallest absolute Gasteiger partial charge is 0.119 e. The molecule has 1 saturated heterocycles. The van der Waals surface area contributed by atoms with E-state index in [1.54, 1.807) is 7.11 Å². The first-order valence-corrected chi connectivity index (χ1v) is 7.65. The topological polar surface area (TPSA) is 24.5 Å². The maximum Gasteiger partial charge on any atom is 0.119 e. The van der Waals surface area contributed by atoms with Gasteiger partial charge in [0, 0.05) is 10.5 Å². The van der Waals surface area contributed by atoms with Gasteiger partial charge in [-0.15, -0.1) is 0 Å². The quantitative estimate of drug-likeness (QED) is 0.920. The zero-order valence-corrected chi connectivity index (χ0v) is 13.5. The number of ether oxygens (including phenoxy) is 1. The molecule has 0 aromatic heterocycles. The monoisotopic (exact) mass is 326 g/mol. The van der Waals surface area contributed by atoms with E-state index in [-0.39, 0.29) is 0 Å². The molecule has 1 aliphatic heterocycles. The number of nitrogens with one attached hydrogen (secondary N) is 1. The molecule has 4 heteroatoms. The Bertz CT molecular complexity index is 423. The lowest BCUT2D eigenvalue weighted by molar-refractivity contribution is 0.120. The van der Waals surface area contributed by atoms with Crippen LogP contribution in [0.5, 0.6) is 5.75 Å². The van der Waals surface area contributed by atoms with Gasteiger partial charge in [0.2, 0.25) is 0 Å². The zero-order valence-electron chi connectivity index (χ0n) is 11.9. The van der Waals surface area contributed by atoms with Crippen LogP contribution in [0.4, 0.5) is 0 Å². The van der Waals surface area contributed by atoms with E-state index in [1.807, 2.05) is 13.1 Å². The molecule has 2 rings (SSSR count). The van der Waals surface area contributed by atoms with E-state index in [0.717, 1.165) is 18.8 Å². The van der Waals surface area contributed by atoms with E-state index in [9.17, 15) is 0 Å². The highest BCUT2D eigenvalue weighted by atomic mass is 79.9. The fraction of sp³-hybridized carbons (Fsp3) is 0.600. The first kappa shape index (κ1) is 14.8. The molecule has 0 bridgehead atoms. The molecule has 19 heavy (non-hydrogen) atoms. The van der Waals surface area contributed by atoms with Gasteiger partial charge in [-0.25, -0.2) is 0 Å². The van der Waals surface area contributed by atoms with Crippen molar-refractivity contribution >= 4 is 15.9 Å². The molecule has 2 unspecified atom stereocenters. The first-order chi connectivity index (χ1) is 9.17. The normalized spacial score (nSPS) is 24.4. The van der Waals surface area contributed by atoms with Gasteiger partial charge in [-0.2, -0.15) is 0 Å². The third-order valence-electron chi connectivity index (χ3n) is 4.00. The van der Waals surface area contributed by atoms with Gasteiger partial charge in [0.1, 0.15) is 5.75 Å². The van der Waals surface area contributed by atoms with Crippen LogP contribution in [0.25, 0.3) is 0 Å². The molecule has 1 fully saturated rings. The summed E-state index contributed by atoms with van der Waals surface area (Å²) in [6, 6.07) is 6.71. The van der Waals surface area contributed by atoms with Crippen LogP contribution in [-0.4, -0.2) is 39.2 Å². The van der Waals surface area contributed by atoms with Gasteiger partial charge in [0.15, 0.2) is 0 Å². The fourth-order valence-corrected chi connectivity index (χ4v) is 3.58. The van der Waals surface area contributed by atoms with Gasteiger partial charge in [0.25, 0.3) is 0 Å². The third kappa shape index (κ3) is 3.30. The van der Waals surface area contributed by atoms with Crippen LogP contribution in [0, 0.1) is 5.92 Å². The Kier molecular flexibility index (Phi) is 5.25. The molecule has 0 amide bonds. The minimum absolute atomic E-state index is 0.450. The molecular formula is C15H23BrN2O.